The summed E-state index contributed by atoms with van der Waals surface area (Å²) in [5.41, 5.74) is 6.34. The molecule has 0 saturated heterocycles. The van der Waals surface area contributed by atoms with Gasteiger partial charge in [0.15, 0.2) is 0 Å². The van der Waals surface area contributed by atoms with Gasteiger partial charge in [-0.25, -0.2) is 0 Å². The predicted octanol–water partition coefficient (Wildman–Crippen LogP) is 1.76. The minimum Gasteiger partial charge on any atom is -0.330 e. The van der Waals surface area contributed by atoms with E-state index in [0.717, 1.165) is 18.5 Å². The predicted molar refractivity (Wildman–Crippen MR) is 73.1 cm³/mol. The van der Waals surface area contributed by atoms with Crippen LogP contribution in [-0.2, 0) is 11.8 Å². The molecule has 5 heteroatoms. The van der Waals surface area contributed by atoms with Gasteiger partial charge in [0, 0.05) is 19.7 Å². The molecule has 1 amide bonds. The molecule has 3 N–H and O–H groups in total. The molecule has 1 rings (SSSR count). The molecule has 0 bridgehead atoms. The first-order chi connectivity index (χ1) is 8.52. The van der Waals surface area contributed by atoms with Crippen LogP contribution in [0.2, 0.25) is 0 Å². The SMILES string of the molecule is CC(C)C(CCN)CCC(=O)Nc1cnn(C)c1. The molecule has 1 atom stereocenters. The third-order valence-electron chi connectivity index (χ3n) is 3.21. The van der Waals surface area contributed by atoms with Gasteiger partial charge < -0.3 is 11.1 Å². The second kappa shape index (κ2) is 7.16. The van der Waals surface area contributed by atoms with Crippen molar-refractivity contribution in [2.75, 3.05) is 11.9 Å². The molecule has 1 unspecified atom stereocenters. The molecule has 1 heterocycles. The minimum atomic E-state index is 0.0469. The van der Waals surface area contributed by atoms with Crippen LogP contribution >= 0.6 is 0 Å². The van der Waals surface area contributed by atoms with Crippen LogP contribution in [0.25, 0.3) is 0 Å². The second-order valence-corrected chi connectivity index (χ2v) is 5.07. The first-order valence-electron chi connectivity index (χ1n) is 6.51. The zero-order valence-corrected chi connectivity index (χ0v) is 11.5. The lowest BCUT2D eigenvalue weighted by Gasteiger charge is -2.19. The number of carbonyl (C=O) groups is 1. The Morgan fingerprint density at radius 3 is 2.72 bits per heavy atom. The minimum absolute atomic E-state index is 0.0469. The average Bonchev–Trinajstić information content (AvgIpc) is 2.69. The second-order valence-electron chi connectivity index (χ2n) is 5.07. The number of nitrogens with zero attached hydrogens (tertiary/aromatic N) is 2. The average molecular weight is 252 g/mol. The Hall–Kier alpha value is -1.36. The molecular weight excluding hydrogens is 228 g/mol. The summed E-state index contributed by atoms with van der Waals surface area (Å²) in [5, 5.41) is 6.85. The summed E-state index contributed by atoms with van der Waals surface area (Å²) >= 11 is 0. The Bertz CT molecular complexity index is 373. The zero-order valence-electron chi connectivity index (χ0n) is 11.5. The van der Waals surface area contributed by atoms with Gasteiger partial charge >= 0.3 is 0 Å². The fraction of sp³-hybridized carbons (Fsp3) is 0.692. The van der Waals surface area contributed by atoms with E-state index < -0.39 is 0 Å². The van der Waals surface area contributed by atoms with Crippen molar-refractivity contribution in [1.82, 2.24) is 9.78 Å². The molecule has 0 aromatic carbocycles. The van der Waals surface area contributed by atoms with Crippen LogP contribution in [-0.4, -0.2) is 22.2 Å². The van der Waals surface area contributed by atoms with Crippen molar-refractivity contribution >= 4 is 11.6 Å². The van der Waals surface area contributed by atoms with Crippen LogP contribution in [0.15, 0.2) is 12.4 Å². The van der Waals surface area contributed by atoms with Crippen LogP contribution < -0.4 is 11.1 Å². The van der Waals surface area contributed by atoms with E-state index in [-0.39, 0.29) is 5.91 Å². The van der Waals surface area contributed by atoms with Gasteiger partial charge in [0.1, 0.15) is 0 Å². The lowest BCUT2D eigenvalue weighted by atomic mass is 9.88. The smallest absolute Gasteiger partial charge is 0.224 e. The molecule has 0 radical (unpaired) electrons. The lowest BCUT2D eigenvalue weighted by molar-refractivity contribution is -0.116. The molecule has 0 aliphatic carbocycles. The highest BCUT2D eigenvalue weighted by Crippen LogP contribution is 2.20. The summed E-state index contributed by atoms with van der Waals surface area (Å²) in [6.07, 6.45) is 5.85. The Balaban J connectivity index is 2.35. The molecule has 102 valence electrons. The summed E-state index contributed by atoms with van der Waals surface area (Å²) in [7, 11) is 1.83. The van der Waals surface area contributed by atoms with E-state index in [1.807, 2.05) is 7.05 Å². The summed E-state index contributed by atoms with van der Waals surface area (Å²) in [6.45, 7) is 5.05. The third kappa shape index (κ3) is 4.87. The first-order valence-corrected chi connectivity index (χ1v) is 6.51. The molecule has 0 aliphatic heterocycles. The Morgan fingerprint density at radius 2 is 2.22 bits per heavy atom. The number of rotatable bonds is 7. The number of amides is 1. The maximum absolute atomic E-state index is 11.8. The van der Waals surface area contributed by atoms with Crippen LogP contribution in [0.4, 0.5) is 5.69 Å². The normalized spacial score (nSPS) is 12.7. The highest BCUT2D eigenvalue weighted by Gasteiger charge is 2.14. The fourth-order valence-electron chi connectivity index (χ4n) is 2.05. The van der Waals surface area contributed by atoms with Crippen molar-refractivity contribution in [3.05, 3.63) is 12.4 Å². The molecule has 0 saturated carbocycles. The molecule has 1 aromatic rings. The Kier molecular flexibility index (Phi) is 5.85. The van der Waals surface area contributed by atoms with Crippen molar-refractivity contribution in [1.29, 1.82) is 0 Å². The monoisotopic (exact) mass is 252 g/mol. The number of aryl methyl sites for hydroxylation is 1. The van der Waals surface area contributed by atoms with Crippen molar-refractivity contribution in [3.63, 3.8) is 0 Å². The molecule has 5 nitrogen and oxygen atoms in total. The van der Waals surface area contributed by atoms with Crippen molar-refractivity contribution in [2.24, 2.45) is 24.6 Å². The zero-order chi connectivity index (χ0) is 13.5. The van der Waals surface area contributed by atoms with E-state index in [2.05, 4.69) is 24.3 Å². The molecule has 1 aromatic heterocycles. The Morgan fingerprint density at radius 1 is 1.50 bits per heavy atom. The van der Waals surface area contributed by atoms with E-state index >= 15 is 0 Å². The van der Waals surface area contributed by atoms with Gasteiger partial charge in [0.05, 0.1) is 11.9 Å². The van der Waals surface area contributed by atoms with Crippen molar-refractivity contribution in [3.8, 4) is 0 Å². The highest BCUT2D eigenvalue weighted by molar-refractivity contribution is 5.90. The van der Waals surface area contributed by atoms with Gasteiger partial charge in [-0.1, -0.05) is 13.8 Å². The molecule has 18 heavy (non-hydrogen) atoms. The summed E-state index contributed by atoms with van der Waals surface area (Å²) in [4.78, 5) is 11.8. The fourth-order valence-corrected chi connectivity index (χ4v) is 2.05. The quantitative estimate of drug-likeness (QED) is 0.776. The summed E-state index contributed by atoms with van der Waals surface area (Å²) in [5.74, 6) is 1.14. The van der Waals surface area contributed by atoms with Crippen LogP contribution in [0.5, 0.6) is 0 Å². The number of hydrogen-bond acceptors (Lipinski definition) is 3. The van der Waals surface area contributed by atoms with Crippen molar-refractivity contribution in [2.45, 2.75) is 33.1 Å². The number of anilines is 1. The molecular formula is C13H24N4O. The maximum atomic E-state index is 11.8. The van der Waals surface area contributed by atoms with E-state index in [0.29, 0.717) is 24.8 Å². The largest absolute Gasteiger partial charge is 0.330 e. The van der Waals surface area contributed by atoms with Crippen molar-refractivity contribution < 1.29 is 4.79 Å². The maximum Gasteiger partial charge on any atom is 0.224 e. The van der Waals surface area contributed by atoms with Gasteiger partial charge in [-0.2, -0.15) is 5.10 Å². The number of nitrogens with two attached hydrogens (primary N) is 1. The van der Waals surface area contributed by atoms with E-state index in [4.69, 9.17) is 5.73 Å². The van der Waals surface area contributed by atoms with Gasteiger partial charge in [0.25, 0.3) is 0 Å². The summed E-state index contributed by atoms with van der Waals surface area (Å²) in [6, 6.07) is 0. The number of nitrogens with one attached hydrogen (secondary N) is 1. The Labute approximate surface area is 109 Å². The third-order valence-corrected chi connectivity index (χ3v) is 3.21. The van der Waals surface area contributed by atoms with Gasteiger partial charge in [-0.15, -0.1) is 0 Å². The van der Waals surface area contributed by atoms with E-state index in [1.165, 1.54) is 0 Å². The standard InChI is InChI=1S/C13H24N4O/c1-10(2)11(6-7-14)4-5-13(18)16-12-8-15-17(3)9-12/h8-11H,4-7,14H2,1-3H3,(H,16,18). The summed E-state index contributed by atoms with van der Waals surface area (Å²) < 4.78 is 1.67. The molecule has 0 fully saturated rings. The lowest BCUT2D eigenvalue weighted by Crippen LogP contribution is -2.18. The van der Waals surface area contributed by atoms with Gasteiger partial charge in [-0.3, -0.25) is 9.48 Å². The van der Waals surface area contributed by atoms with Crippen LogP contribution in [0.1, 0.15) is 33.1 Å². The highest BCUT2D eigenvalue weighted by atomic mass is 16.1. The first kappa shape index (κ1) is 14.7. The topological polar surface area (TPSA) is 72.9 Å². The van der Waals surface area contributed by atoms with Gasteiger partial charge in [-0.05, 0) is 31.2 Å². The van der Waals surface area contributed by atoms with E-state index in [9.17, 15) is 4.79 Å². The van der Waals surface area contributed by atoms with Gasteiger partial charge in [0.2, 0.25) is 5.91 Å². The van der Waals surface area contributed by atoms with Crippen LogP contribution in [0.3, 0.4) is 0 Å². The van der Waals surface area contributed by atoms with E-state index in [1.54, 1.807) is 17.1 Å². The number of hydrogen-bond donors (Lipinski definition) is 2. The number of carbonyl (C=O) groups excluding carboxylic acids is 1. The number of aromatic nitrogens is 2. The molecule has 0 spiro atoms. The molecule has 0 aliphatic rings. The van der Waals surface area contributed by atoms with Crippen LogP contribution in [0, 0.1) is 11.8 Å².